The standard InChI is InChI=1S/C18H40O2P.ClH/c1-6-11-14-21(15-12-7-2,16-13-8-3)17-18(19-9-4)20-10-5;/h18H,6-17H2,1-5H3;1H/q+1;/p-1. The van der Waals surface area contributed by atoms with Crippen LogP contribution in [0.3, 0.4) is 0 Å². The first kappa shape index (κ1) is 24.9. The molecule has 136 valence electrons. The molecular weight excluding hydrogens is 315 g/mol. The van der Waals surface area contributed by atoms with Crippen molar-refractivity contribution in [3.63, 3.8) is 0 Å². The summed E-state index contributed by atoms with van der Waals surface area (Å²) in [5, 5.41) is 0. The van der Waals surface area contributed by atoms with Crippen LogP contribution in [0.2, 0.25) is 0 Å². The second kappa shape index (κ2) is 16.5. The van der Waals surface area contributed by atoms with Crippen molar-refractivity contribution in [3.8, 4) is 0 Å². The lowest BCUT2D eigenvalue weighted by Crippen LogP contribution is -3.00. The number of halogens is 1. The zero-order chi connectivity index (χ0) is 16.0. The van der Waals surface area contributed by atoms with Crippen LogP contribution < -0.4 is 12.4 Å². The molecule has 0 unspecified atom stereocenters. The fourth-order valence-electron chi connectivity index (χ4n) is 2.93. The smallest absolute Gasteiger partial charge is 0.191 e. The maximum absolute atomic E-state index is 5.88. The average molecular weight is 355 g/mol. The van der Waals surface area contributed by atoms with Crippen molar-refractivity contribution in [2.45, 2.75) is 79.4 Å². The quantitative estimate of drug-likeness (QED) is 0.332. The minimum absolute atomic E-state index is 0. The lowest BCUT2D eigenvalue weighted by molar-refractivity contribution is -0.121. The van der Waals surface area contributed by atoms with Crippen LogP contribution in [0.5, 0.6) is 0 Å². The second-order valence-corrected chi connectivity index (χ2v) is 10.5. The summed E-state index contributed by atoms with van der Waals surface area (Å²) in [6, 6.07) is 0. The first-order valence-corrected chi connectivity index (χ1v) is 11.8. The van der Waals surface area contributed by atoms with Crippen molar-refractivity contribution in [1.82, 2.24) is 0 Å². The zero-order valence-corrected chi connectivity index (χ0v) is 17.4. The van der Waals surface area contributed by atoms with E-state index in [1.165, 1.54) is 63.2 Å². The molecule has 0 fully saturated rings. The summed E-state index contributed by atoms with van der Waals surface area (Å²) >= 11 is 0. The van der Waals surface area contributed by atoms with E-state index in [4.69, 9.17) is 9.47 Å². The van der Waals surface area contributed by atoms with Gasteiger partial charge in [-0.25, -0.2) is 0 Å². The van der Waals surface area contributed by atoms with E-state index in [2.05, 4.69) is 34.6 Å². The molecule has 4 heteroatoms. The SMILES string of the molecule is CCCC[P+](CCCC)(CCCC)CC(OCC)OCC.[Cl-]. The Kier molecular flexibility index (Phi) is 18.7. The van der Waals surface area contributed by atoms with Gasteiger partial charge in [-0.15, -0.1) is 0 Å². The number of ether oxygens (including phenoxy) is 2. The van der Waals surface area contributed by atoms with E-state index < -0.39 is 7.26 Å². The molecule has 22 heavy (non-hydrogen) atoms. The molecule has 0 aromatic heterocycles. The van der Waals surface area contributed by atoms with E-state index in [-0.39, 0.29) is 18.7 Å². The summed E-state index contributed by atoms with van der Waals surface area (Å²) in [5.74, 6) is 0. The monoisotopic (exact) mass is 354 g/mol. The lowest BCUT2D eigenvalue weighted by Gasteiger charge is -2.31. The molecule has 0 aliphatic heterocycles. The fourth-order valence-corrected chi connectivity index (χ4v) is 7.95. The Bertz CT molecular complexity index is 199. The van der Waals surface area contributed by atoms with Crippen molar-refractivity contribution in [1.29, 1.82) is 0 Å². The van der Waals surface area contributed by atoms with Gasteiger partial charge in [-0.1, -0.05) is 40.0 Å². The lowest BCUT2D eigenvalue weighted by atomic mass is 10.4. The Labute approximate surface area is 146 Å². The minimum atomic E-state index is -0.911. The van der Waals surface area contributed by atoms with Crippen molar-refractivity contribution in [2.24, 2.45) is 0 Å². The molecule has 0 bridgehead atoms. The molecule has 0 rings (SSSR count). The van der Waals surface area contributed by atoms with Crippen molar-refractivity contribution < 1.29 is 21.9 Å². The summed E-state index contributed by atoms with van der Waals surface area (Å²) in [5.41, 5.74) is 0. The van der Waals surface area contributed by atoms with E-state index >= 15 is 0 Å². The highest BCUT2D eigenvalue weighted by molar-refractivity contribution is 7.75. The van der Waals surface area contributed by atoms with Crippen LogP contribution in [-0.4, -0.2) is 44.2 Å². The van der Waals surface area contributed by atoms with Crippen LogP contribution >= 0.6 is 7.26 Å². The molecule has 0 heterocycles. The molecule has 0 aromatic carbocycles. The van der Waals surface area contributed by atoms with Gasteiger partial charge in [0.2, 0.25) is 0 Å². The predicted molar refractivity (Wildman–Crippen MR) is 98.2 cm³/mol. The number of hydrogen-bond acceptors (Lipinski definition) is 2. The predicted octanol–water partition coefficient (Wildman–Crippen LogP) is 2.81. The van der Waals surface area contributed by atoms with Crippen LogP contribution in [0, 0.1) is 0 Å². The molecular formula is C18H40ClO2P. The Hall–Kier alpha value is 0.640. The van der Waals surface area contributed by atoms with Gasteiger partial charge < -0.3 is 21.9 Å². The highest BCUT2D eigenvalue weighted by Crippen LogP contribution is 2.61. The van der Waals surface area contributed by atoms with Crippen LogP contribution in [0.25, 0.3) is 0 Å². The van der Waals surface area contributed by atoms with Crippen molar-refractivity contribution in [3.05, 3.63) is 0 Å². The molecule has 0 radical (unpaired) electrons. The second-order valence-electron chi connectivity index (χ2n) is 6.10. The topological polar surface area (TPSA) is 18.5 Å². The molecule has 0 aliphatic carbocycles. The van der Waals surface area contributed by atoms with Gasteiger partial charge in [0.25, 0.3) is 0 Å². The summed E-state index contributed by atoms with van der Waals surface area (Å²) in [7, 11) is -0.911. The molecule has 0 saturated heterocycles. The molecule has 0 amide bonds. The van der Waals surface area contributed by atoms with Crippen LogP contribution in [-0.2, 0) is 9.47 Å². The first-order valence-electron chi connectivity index (χ1n) is 9.26. The first-order chi connectivity index (χ1) is 10.2. The fraction of sp³-hybridized carbons (Fsp3) is 1.00. The Morgan fingerprint density at radius 2 is 1.05 bits per heavy atom. The highest BCUT2D eigenvalue weighted by atomic mass is 35.5. The van der Waals surface area contributed by atoms with E-state index in [1.54, 1.807) is 0 Å². The third kappa shape index (κ3) is 11.2. The largest absolute Gasteiger partial charge is 1.00 e. The zero-order valence-electron chi connectivity index (χ0n) is 15.7. The van der Waals surface area contributed by atoms with Gasteiger partial charge in [0.1, 0.15) is 6.16 Å². The molecule has 0 saturated carbocycles. The van der Waals surface area contributed by atoms with E-state index in [0.717, 1.165) is 13.2 Å². The Balaban J connectivity index is 0. The van der Waals surface area contributed by atoms with Crippen LogP contribution in [0.1, 0.15) is 73.1 Å². The van der Waals surface area contributed by atoms with Gasteiger partial charge in [0.15, 0.2) is 6.29 Å². The third-order valence-electron chi connectivity index (χ3n) is 4.20. The van der Waals surface area contributed by atoms with Gasteiger partial charge in [-0.05, 0) is 33.1 Å². The van der Waals surface area contributed by atoms with E-state index in [0.29, 0.717) is 0 Å². The molecule has 0 aliphatic rings. The summed E-state index contributed by atoms with van der Waals surface area (Å²) in [6.45, 7) is 12.6. The molecule has 2 nitrogen and oxygen atoms in total. The minimum Gasteiger partial charge on any atom is -1.00 e. The Morgan fingerprint density at radius 1 is 0.682 bits per heavy atom. The van der Waals surface area contributed by atoms with E-state index in [1.807, 2.05) is 0 Å². The van der Waals surface area contributed by atoms with Gasteiger partial charge >= 0.3 is 0 Å². The summed E-state index contributed by atoms with van der Waals surface area (Å²) in [4.78, 5) is 0. The van der Waals surface area contributed by atoms with Gasteiger partial charge in [0.05, 0.1) is 18.5 Å². The molecule has 0 atom stereocenters. The summed E-state index contributed by atoms with van der Waals surface area (Å²) in [6.07, 6.45) is 13.6. The van der Waals surface area contributed by atoms with Gasteiger partial charge in [-0.2, -0.15) is 0 Å². The van der Waals surface area contributed by atoms with Gasteiger partial charge in [0, 0.05) is 20.5 Å². The molecule has 0 N–H and O–H groups in total. The number of hydrogen-bond donors (Lipinski definition) is 0. The number of rotatable bonds is 15. The van der Waals surface area contributed by atoms with E-state index in [9.17, 15) is 0 Å². The number of unbranched alkanes of at least 4 members (excludes halogenated alkanes) is 3. The average Bonchev–Trinajstić information content (AvgIpc) is 2.49. The molecule has 0 spiro atoms. The third-order valence-corrected chi connectivity index (χ3v) is 9.07. The van der Waals surface area contributed by atoms with Crippen LogP contribution in [0.15, 0.2) is 0 Å². The van der Waals surface area contributed by atoms with Crippen molar-refractivity contribution in [2.75, 3.05) is 37.9 Å². The van der Waals surface area contributed by atoms with Crippen LogP contribution in [0.4, 0.5) is 0 Å². The Morgan fingerprint density at radius 3 is 1.32 bits per heavy atom. The highest BCUT2D eigenvalue weighted by Gasteiger charge is 2.38. The van der Waals surface area contributed by atoms with Crippen molar-refractivity contribution >= 4 is 7.26 Å². The summed E-state index contributed by atoms with van der Waals surface area (Å²) < 4.78 is 11.8. The van der Waals surface area contributed by atoms with Gasteiger partial charge in [-0.3, -0.25) is 0 Å². The maximum Gasteiger partial charge on any atom is 0.191 e. The maximum atomic E-state index is 5.88. The molecule has 0 aromatic rings. The normalized spacial score (nSPS) is 11.7.